The standard InChI is InChI=1S/C6H11N3/c1-2-3-4-5-6-8-9-7/h2-6,9H,7H2,1H3/b3-2-,5-4-,8-6+. The van der Waals surface area contributed by atoms with E-state index in [-0.39, 0.29) is 0 Å². The molecule has 0 radical (unpaired) electrons. The summed E-state index contributed by atoms with van der Waals surface area (Å²) in [6.07, 6.45) is 9.05. The van der Waals surface area contributed by atoms with Crippen LogP contribution in [0.25, 0.3) is 0 Å². The van der Waals surface area contributed by atoms with Gasteiger partial charge in [-0.25, -0.2) is 11.4 Å². The van der Waals surface area contributed by atoms with Gasteiger partial charge < -0.3 is 0 Å². The van der Waals surface area contributed by atoms with Crippen molar-refractivity contribution in [2.24, 2.45) is 10.9 Å². The highest BCUT2D eigenvalue weighted by molar-refractivity contribution is 5.71. The van der Waals surface area contributed by atoms with Crippen LogP contribution < -0.4 is 11.4 Å². The van der Waals surface area contributed by atoms with Gasteiger partial charge in [-0.3, -0.25) is 0 Å². The fourth-order valence-electron chi connectivity index (χ4n) is 0.311. The summed E-state index contributed by atoms with van der Waals surface area (Å²) in [5.74, 6) is 4.84. The molecule has 0 aliphatic rings. The minimum Gasteiger partial charge on any atom is -0.246 e. The first-order chi connectivity index (χ1) is 4.41. The molecule has 0 heterocycles. The van der Waals surface area contributed by atoms with Gasteiger partial charge in [0.2, 0.25) is 0 Å². The topological polar surface area (TPSA) is 50.4 Å². The lowest BCUT2D eigenvalue weighted by atomic mass is 10.4. The van der Waals surface area contributed by atoms with Gasteiger partial charge >= 0.3 is 0 Å². The Hall–Kier alpha value is -1.09. The van der Waals surface area contributed by atoms with Crippen LogP contribution in [0.1, 0.15) is 6.92 Å². The van der Waals surface area contributed by atoms with Crippen molar-refractivity contribution in [3.8, 4) is 0 Å². The Morgan fingerprint density at radius 1 is 1.33 bits per heavy atom. The third-order valence-electron chi connectivity index (χ3n) is 0.650. The first-order valence-corrected chi connectivity index (χ1v) is 2.68. The molecule has 3 N–H and O–H groups in total. The molecule has 0 aromatic carbocycles. The Bertz CT molecular complexity index is 124. The van der Waals surface area contributed by atoms with Crippen LogP contribution in [0.15, 0.2) is 29.4 Å². The van der Waals surface area contributed by atoms with Crippen LogP contribution in [0.2, 0.25) is 0 Å². The first-order valence-electron chi connectivity index (χ1n) is 2.68. The van der Waals surface area contributed by atoms with Gasteiger partial charge in [0, 0.05) is 6.21 Å². The first kappa shape index (κ1) is 7.91. The van der Waals surface area contributed by atoms with Gasteiger partial charge in [-0.2, -0.15) is 5.10 Å². The molecule has 0 bridgehead atoms. The molecule has 0 aliphatic carbocycles. The van der Waals surface area contributed by atoms with Crippen molar-refractivity contribution >= 4 is 6.21 Å². The summed E-state index contributed by atoms with van der Waals surface area (Å²) in [6.45, 7) is 1.95. The lowest BCUT2D eigenvalue weighted by Gasteiger charge is -1.78. The van der Waals surface area contributed by atoms with Gasteiger partial charge in [-0.15, -0.1) is 0 Å². The second-order valence-electron chi connectivity index (χ2n) is 1.32. The van der Waals surface area contributed by atoms with Crippen LogP contribution in [0, 0.1) is 0 Å². The molecular weight excluding hydrogens is 114 g/mol. The zero-order valence-electron chi connectivity index (χ0n) is 5.41. The van der Waals surface area contributed by atoms with E-state index in [1.165, 1.54) is 0 Å². The predicted octanol–water partition coefficient (Wildman–Crippen LogP) is 0.568. The predicted molar refractivity (Wildman–Crippen MR) is 39.8 cm³/mol. The summed E-state index contributed by atoms with van der Waals surface area (Å²) >= 11 is 0. The minimum absolute atomic E-state index is 1.57. The number of allylic oxidation sites excluding steroid dienone is 4. The van der Waals surface area contributed by atoms with E-state index in [9.17, 15) is 0 Å². The molecule has 0 fully saturated rings. The van der Waals surface area contributed by atoms with Gasteiger partial charge in [0.05, 0.1) is 0 Å². The molecule has 50 valence electrons. The normalized spacial score (nSPS) is 12.2. The van der Waals surface area contributed by atoms with Crippen molar-refractivity contribution in [3.63, 3.8) is 0 Å². The summed E-state index contributed by atoms with van der Waals surface area (Å²) in [5, 5.41) is 3.53. The quantitative estimate of drug-likeness (QED) is 0.251. The minimum atomic E-state index is 1.57. The largest absolute Gasteiger partial charge is 0.246 e. The van der Waals surface area contributed by atoms with E-state index in [0.717, 1.165) is 0 Å². The molecule has 0 amide bonds. The Morgan fingerprint density at radius 3 is 2.67 bits per heavy atom. The zero-order valence-corrected chi connectivity index (χ0v) is 5.41. The SMILES string of the molecule is C\C=C/C=C\C=N\NN. The summed E-state index contributed by atoms with van der Waals surface area (Å²) in [7, 11) is 0. The van der Waals surface area contributed by atoms with E-state index in [0.29, 0.717) is 0 Å². The Balaban J connectivity index is 3.35. The average molecular weight is 125 g/mol. The second kappa shape index (κ2) is 6.91. The fraction of sp³-hybridized carbons (Fsp3) is 0.167. The lowest BCUT2D eigenvalue weighted by Crippen LogP contribution is -2.13. The van der Waals surface area contributed by atoms with Crippen molar-refractivity contribution in [3.05, 3.63) is 24.3 Å². The van der Waals surface area contributed by atoms with E-state index in [1.807, 2.05) is 25.2 Å². The Kier molecular flexibility index (Phi) is 6.07. The number of nitrogens with zero attached hydrogens (tertiary/aromatic N) is 1. The molecule has 9 heavy (non-hydrogen) atoms. The van der Waals surface area contributed by atoms with Crippen LogP contribution in [-0.2, 0) is 0 Å². The van der Waals surface area contributed by atoms with E-state index in [4.69, 9.17) is 5.84 Å². The van der Waals surface area contributed by atoms with Gasteiger partial charge in [-0.05, 0) is 13.0 Å². The van der Waals surface area contributed by atoms with E-state index >= 15 is 0 Å². The number of hydrogen-bond donors (Lipinski definition) is 2. The highest BCUT2D eigenvalue weighted by Crippen LogP contribution is 1.71. The summed E-state index contributed by atoms with van der Waals surface area (Å²) < 4.78 is 0. The molecule has 0 aromatic rings. The van der Waals surface area contributed by atoms with Gasteiger partial charge in [-0.1, -0.05) is 18.2 Å². The number of nitrogens with two attached hydrogens (primary N) is 1. The average Bonchev–Trinajstić information content (AvgIpc) is 1.89. The summed E-state index contributed by atoms with van der Waals surface area (Å²) in [4.78, 5) is 0. The molecular formula is C6H11N3. The Morgan fingerprint density at radius 2 is 2.11 bits per heavy atom. The summed E-state index contributed by atoms with van der Waals surface area (Å²) in [5.41, 5.74) is 2.14. The van der Waals surface area contributed by atoms with Crippen LogP contribution >= 0.6 is 0 Å². The molecule has 3 heteroatoms. The van der Waals surface area contributed by atoms with Crippen molar-refractivity contribution in [2.75, 3.05) is 0 Å². The molecule has 0 atom stereocenters. The number of rotatable bonds is 3. The molecule has 0 rings (SSSR count). The van der Waals surface area contributed by atoms with Crippen molar-refractivity contribution in [1.82, 2.24) is 5.53 Å². The molecule has 0 saturated carbocycles. The number of hydrazine groups is 1. The van der Waals surface area contributed by atoms with E-state index < -0.39 is 0 Å². The maximum Gasteiger partial charge on any atom is 0.0483 e. The third kappa shape index (κ3) is 6.91. The van der Waals surface area contributed by atoms with Crippen molar-refractivity contribution in [1.29, 1.82) is 0 Å². The highest BCUT2D eigenvalue weighted by atomic mass is 15.5. The van der Waals surface area contributed by atoms with Crippen molar-refractivity contribution in [2.45, 2.75) is 6.92 Å². The molecule has 0 aliphatic heterocycles. The molecule has 3 nitrogen and oxygen atoms in total. The van der Waals surface area contributed by atoms with Crippen LogP contribution in [0.4, 0.5) is 0 Å². The molecule has 0 unspecified atom stereocenters. The van der Waals surface area contributed by atoms with E-state index in [1.54, 1.807) is 12.3 Å². The van der Waals surface area contributed by atoms with Crippen molar-refractivity contribution < 1.29 is 0 Å². The second-order valence-corrected chi connectivity index (χ2v) is 1.32. The highest BCUT2D eigenvalue weighted by Gasteiger charge is 1.58. The van der Waals surface area contributed by atoms with Gasteiger partial charge in [0.25, 0.3) is 0 Å². The molecule has 0 spiro atoms. The lowest BCUT2D eigenvalue weighted by molar-refractivity contribution is 0.811. The Labute approximate surface area is 54.9 Å². The smallest absolute Gasteiger partial charge is 0.0483 e. The van der Waals surface area contributed by atoms with Gasteiger partial charge in [0.15, 0.2) is 0 Å². The maximum absolute atomic E-state index is 4.84. The van der Waals surface area contributed by atoms with Crippen LogP contribution in [-0.4, -0.2) is 6.21 Å². The number of hydrogen-bond acceptors (Lipinski definition) is 3. The number of hydrazone groups is 1. The maximum atomic E-state index is 4.84. The van der Waals surface area contributed by atoms with Gasteiger partial charge in [0.1, 0.15) is 0 Å². The third-order valence-corrected chi connectivity index (χ3v) is 0.650. The van der Waals surface area contributed by atoms with Crippen LogP contribution in [0.3, 0.4) is 0 Å². The summed E-state index contributed by atoms with van der Waals surface area (Å²) in [6, 6.07) is 0. The monoisotopic (exact) mass is 125 g/mol. The molecule has 0 saturated heterocycles. The van der Waals surface area contributed by atoms with E-state index in [2.05, 4.69) is 10.6 Å². The fourth-order valence-corrected chi connectivity index (χ4v) is 0.311. The zero-order chi connectivity index (χ0) is 6.95. The van der Waals surface area contributed by atoms with Crippen LogP contribution in [0.5, 0.6) is 0 Å². The number of nitrogens with one attached hydrogen (secondary N) is 1. The molecule has 0 aromatic heterocycles.